The summed E-state index contributed by atoms with van der Waals surface area (Å²) in [6, 6.07) is 6.54. The number of benzene rings is 1. The van der Waals surface area contributed by atoms with E-state index in [1.807, 2.05) is 13.0 Å². The Labute approximate surface area is 127 Å². The van der Waals surface area contributed by atoms with E-state index in [0.717, 1.165) is 0 Å². The lowest BCUT2D eigenvalue weighted by atomic mass is 9.95. The number of amides is 1. The van der Waals surface area contributed by atoms with Gasteiger partial charge in [-0.25, -0.2) is 0 Å². The molecule has 0 heterocycles. The first-order chi connectivity index (χ1) is 9.92. The number of nitrogens with one attached hydrogen (secondary N) is 1. The highest BCUT2D eigenvalue weighted by Gasteiger charge is 2.41. The summed E-state index contributed by atoms with van der Waals surface area (Å²) < 4.78 is 0. The van der Waals surface area contributed by atoms with Gasteiger partial charge < -0.3 is 10.4 Å². The zero-order valence-electron chi connectivity index (χ0n) is 11.5. The smallest absolute Gasteiger partial charge is 0.307 e. The minimum Gasteiger partial charge on any atom is -0.481 e. The number of aliphatic carboxylic acids is 1. The molecule has 3 atom stereocenters. The molecule has 3 unspecified atom stereocenters. The average molecular weight is 307 g/mol. The molecule has 21 heavy (non-hydrogen) atoms. The van der Waals surface area contributed by atoms with Gasteiger partial charge in [0.25, 0.3) is 0 Å². The van der Waals surface area contributed by atoms with Crippen LogP contribution < -0.4 is 5.32 Å². The zero-order valence-corrected chi connectivity index (χ0v) is 12.2. The lowest BCUT2D eigenvalue weighted by Gasteiger charge is -2.15. The van der Waals surface area contributed by atoms with E-state index in [4.69, 9.17) is 16.9 Å². The average Bonchev–Trinajstić information content (AvgIpc) is 2.83. The minimum atomic E-state index is -0.937. The van der Waals surface area contributed by atoms with E-state index in [1.54, 1.807) is 6.07 Å². The van der Waals surface area contributed by atoms with E-state index in [1.165, 1.54) is 12.1 Å². The Balaban J connectivity index is 2.14. The molecule has 0 aromatic heterocycles. The summed E-state index contributed by atoms with van der Waals surface area (Å²) in [7, 11) is 0. The van der Waals surface area contributed by atoms with Crippen molar-refractivity contribution in [2.24, 2.45) is 17.8 Å². The number of hydrogen-bond acceptors (Lipinski definition) is 3. The normalized spacial score (nSPS) is 24.3. The van der Waals surface area contributed by atoms with Crippen LogP contribution in [-0.4, -0.2) is 17.0 Å². The van der Waals surface area contributed by atoms with Crippen molar-refractivity contribution in [2.45, 2.75) is 19.8 Å². The van der Waals surface area contributed by atoms with E-state index in [9.17, 15) is 14.7 Å². The number of anilines is 1. The Morgan fingerprint density at radius 2 is 2.05 bits per heavy atom. The third-order valence-electron chi connectivity index (χ3n) is 3.81. The van der Waals surface area contributed by atoms with Crippen LogP contribution in [0.15, 0.2) is 18.2 Å². The van der Waals surface area contributed by atoms with Crippen LogP contribution in [0.1, 0.15) is 25.3 Å². The number of carboxylic acid groups (broad SMARTS) is 1. The van der Waals surface area contributed by atoms with Crippen molar-refractivity contribution in [1.29, 1.82) is 5.26 Å². The number of nitrogens with zero attached hydrogens (tertiary/aromatic N) is 1. The van der Waals surface area contributed by atoms with Gasteiger partial charge in [-0.3, -0.25) is 9.59 Å². The predicted molar refractivity (Wildman–Crippen MR) is 77.8 cm³/mol. The number of nitriles is 1. The van der Waals surface area contributed by atoms with Gasteiger partial charge in [0, 0.05) is 5.69 Å². The molecule has 110 valence electrons. The summed E-state index contributed by atoms with van der Waals surface area (Å²) in [5, 5.41) is 21.1. The summed E-state index contributed by atoms with van der Waals surface area (Å²) in [5.74, 6) is -2.24. The van der Waals surface area contributed by atoms with E-state index < -0.39 is 17.8 Å². The Morgan fingerprint density at radius 1 is 1.38 bits per heavy atom. The van der Waals surface area contributed by atoms with Crippen LogP contribution in [-0.2, 0) is 9.59 Å². The first-order valence-electron chi connectivity index (χ1n) is 6.65. The van der Waals surface area contributed by atoms with Gasteiger partial charge in [0.2, 0.25) is 5.91 Å². The molecule has 1 aliphatic rings. The monoisotopic (exact) mass is 306 g/mol. The molecule has 0 aliphatic heterocycles. The summed E-state index contributed by atoms with van der Waals surface area (Å²) in [5.41, 5.74) is 0.716. The second-order valence-electron chi connectivity index (χ2n) is 5.42. The molecule has 2 rings (SSSR count). The summed E-state index contributed by atoms with van der Waals surface area (Å²) in [6.07, 6.45) is 1.07. The summed E-state index contributed by atoms with van der Waals surface area (Å²) >= 11 is 5.83. The van der Waals surface area contributed by atoms with Gasteiger partial charge in [-0.2, -0.15) is 5.26 Å². The molecule has 1 amide bonds. The SMILES string of the molecule is CC1CC(C(=O)O)C(C(=O)Nc2ccc(Cl)c(C#N)c2)C1. The van der Waals surface area contributed by atoms with Crippen LogP contribution in [0.3, 0.4) is 0 Å². The van der Waals surface area contributed by atoms with E-state index >= 15 is 0 Å². The van der Waals surface area contributed by atoms with Gasteiger partial charge in [0.05, 0.1) is 22.4 Å². The summed E-state index contributed by atoms with van der Waals surface area (Å²) in [6.45, 7) is 1.94. The van der Waals surface area contributed by atoms with E-state index in [2.05, 4.69) is 5.32 Å². The number of halogens is 1. The minimum absolute atomic E-state index is 0.210. The second-order valence-corrected chi connectivity index (χ2v) is 5.83. The van der Waals surface area contributed by atoms with Gasteiger partial charge in [0.15, 0.2) is 0 Å². The van der Waals surface area contributed by atoms with Gasteiger partial charge >= 0.3 is 5.97 Å². The lowest BCUT2D eigenvalue weighted by molar-refractivity contribution is -0.145. The van der Waals surface area contributed by atoms with Crippen molar-refractivity contribution in [2.75, 3.05) is 5.32 Å². The van der Waals surface area contributed by atoms with Crippen LogP contribution in [0.2, 0.25) is 5.02 Å². The maximum Gasteiger partial charge on any atom is 0.307 e. The van der Waals surface area contributed by atoms with Crippen molar-refractivity contribution in [3.8, 4) is 6.07 Å². The van der Waals surface area contributed by atoms with Crippen LogP contribution in [0.5, 0.6) is 0 Å². The van der Waals surface area contributed by atoms with Gasteiger partial charge in [-0.15, -0.1) is 0 Å². The number of hydrogen-bond donors (Lipinski definition) is 2. The standard InChI is InChI=1S/C15H15ClN2O3/c1-8-4-11(12(5-8)15(20)21)14(19)18-10-2-3-13(16)9(6-10)7-17/h2-3,6,8,11-12H,4-5H2,1H3,(H,18,19)(H,20,21). The van der Waals surface area contributed by atoms with Crippen LogP contribution in [0, 0.1) is 29.1 Å². The molecule has 0 spiro atoms. The topological polar surface area (TPSA) is 90.2 Å². The molecule has 0 bridgehead atoms. The largest absolute Gasteiger partial charge is 0.481 e. The molecule has 1 fully saturated rings. The quantitative estimate of drug-likeness (QED) is 0.898. The molecular weight excluding hydrogens is 292 g/mol. The highest BCUT2D eigenvalue weighted by Crippen LogP contribution is 2.37. The fraction of sp³-hybridized carbons (Fsp3) is 0.400. The third-order valence-corrected chi connectivity index (χ3v) is 4.14. The predicted octanol–water partition coefficient (Wildman–Crippen LogP) is 2.90. The first kappa shape index (κ1) is 15.3. The third kappa shape index (κ3) is 3.34. The van der Waals surface area contributed by atoms with Gasteiger partial charge in [0.1, 0.15) is 6.07 Å². The first-order valence-corrected chi connectivity index (χ1v) is 7.03. The Bertz CT molecular complexity index is 624. The maximum absolute atomic E-state index is 12.3. The van der Waals surface area contributed by atoms with Crippen molar-refractivity contribution in [1.82, 2.24) is 0 Å². The second kappa shape index (κ2) is 6.15. The molecule has 0 saturated heterocycles. The lowest BCUT2D eigenvalue weighted by Crippen LogP contribution is -2.30. The zero-order chi connectivity index (χ0) is 15.6. The highest BCUT2D eigenvalue weighted by atomic mass is 35.5. The number of carbonyl (C=O) groups excluding carboxylic acids is 1. The molecule has 6 heteroatoms. The van der Waals surface area contributed by atoms with Gasteiger partial charge in [-0.05, 0) is 37.0 Å². The van der Waals surface area contributed by atoms with Crippen molar-refractivity contribution < 1.29 is 14.7 Å². The number of carbonyl (C=O) groups is 2. The molecule has 5 nitrogen and oxygen atoms in total. The molecule has 1 aromatic carbocycles. The van der Waals surface area contributed by atoms with Crippen LogP contribution in [0.4, 0.5) is 5.69 Å². The van der Waals surface area contributed by atoms with Crippen molar-refractivity contribution in [3.05, 3.63) is 28.8 Å². The number of rotatable bonds is 3. The number of carboxylic acids is 1. The molecule has 1 aliphatic carbocycles. The Hall–Kier alpha value is -2.06. The van der Waals surface area contributed by atoms with Crippen molar-refractivity contribution >= 4 is 29.2 Å². The molecular formula is C15H15ClN2O3. The molecule has 1 saturated carbocycles. The fourth-order valence-corrected chi connectivity index (χ4v) is 2.94. The van der Waals surface area contributed by atoms with Gasteiger partial charge in [-0.1, -0.05) is 18.5 Å². The molecule has 2 N–H and O–H groups in total. The fourth-order valence-electron chi connectivity index (χ4n) is 2.78. The Kier molecular flexibility index (Phi) is 4.49. The van der Waals surface area contributed by atoms with Crippen molar-refractivity contribution in [3.63, 3.8) is 0 Å². The van der Waals surface area contributed by atoms with Crippen LogP contribution in [0.25, 0.3) is 0 Å². The summed E-state index contributed by atoms with van der Waals surface area (Å²) in [4.78, 5) is 23.5. The molecule has 1 aromatic rings. The Morgan fingerprint density at radius 3 is 2.67 bits per heavy atom. The highest BCUT2D eigenvalue weighted by molar-refractivity contribution is 6.31. The molecule has 0 radical (unpaired) electrons. The van der Waals surface area contributed by atoms with Crippen LogP contribution >= 0.6 is 11.6 Å². The maximum atomic E-state index is 12.3. The van der Waals surface area contributed by atoms with E-state index in [-0.39, 0.29) is 17.4 Å². The van der Waals surface area contributed by atoms with E-state index in [0.29, 0.717) is 23.6 Å².